The van der Waals surface area contributed by atoms with E-state index in [0.29, 0.717) is 5.69 Å². The summed E-state index contributed by atoms with van der Waals surface area (Å²) in [4.78, 5) is 2.27. The minimum Gasteiger partial charge on any atom is -0.495 e. The normalized spacial score (nSPS) is 10.7. The van der Waals surface area contributed by atoms with Crippen LogP contribution in [0.4, 0.5) is 5.69 Å². The molecule has 5 heteroatoms. The summed E-state index contributed by atoms with van der Waals surface area (Å²) in [6, 6.07) is 12.0. The maximum Gasteiger partial charge on any atom is 0.161 e. The van der Waals surface area contributed by atoms with Gasteiger partial charge in [0.1, 0.15) is 5.75 Å². The van der Waals surface area contributed by atoms with Crippen LogP contribution in [0.5, 0.6) is 17.2 Å². The van der Waals surface area contributed by atoms with Crippen LogP contribution in [-0.2, 0) is 13.0 Å². The zero-order chi connectivity index (χ0) is 17.5. The van der Waals surface area contributed by atoms with Gasteiger partial charge in [-0.2, -0.15) is 0 Å². The van der Waals surface area contributed by atoms with E-state index in [4.69, 9.17) is 19.9 Å². The number of benzene rings is 2. The standard InChI is InChI=1S/C19H26N2O3/c1-21(10-9-14-5-7-17(22-2)16(20)11-14)13-15-6-8-18(23-3)19(12-15)24-4/h5-8,11-12H,9-10,13,20H2,1-4H3. The van der Waals surface area contributed by atoms with E-state index in [0.717, 1.165) is 36.8 Å². The summed E-state index contributed by atoms with van der Waals surface area (Å²) >= 11 is 0. The van der Waals surface area contributed by atoms with E-state index >= 15 is 0 Å². The van der Waals surface area contributed by atoms with Crippen molar-refractivity contribution in [2.24, 2.45) is 0 Å². The van der Waals surface area contributed by atoms with Gasteiger partial charge in [-0.15, -0.1) is 0 Å². The van der Waals surface area contributed by atoms with Crippen LogP contribution in [0, 0.1) is 0 Å². The first-order valence-electron chi connectivity index (χ1n) is 7.89. The fourth-order valence-corrected chi connectivity index (χ4v) is 2.63. The molecule has 0 unspecified atom stereocenters. The third kappa shape index (κ3) is 4.55. The molecule has 24 heavy (non-hydrogen) atoms. The lowest BCUT2D eigenvalue weighted by Crippen LogP contribution is -2.20. The minimum absolute atomic E-state index is 0.678. The molecule has 0 fully saturated rings. The maximum absolute atomic E-state index is 5.96. The summed E-state index contributed by atoms with van der Waals surface area (Å²) < 4.78 is 15.8. The number of rotatable bonds is 8. The molecule has 0 aliphatic carbocycles. The molecule has 0 spiro atoms. The van der Waals surface area contributed by atoms with E-state index in [1.165, 1.54) is 11.1 Å². The molecule has 0 aliphatic heterocycles. The van der Waals surface area contributed by atoms with Crippen molar-refractivity contribution in [2.45, 2.75) is 13.0 Å². The Bertz CT molecular complexity index is 674. The van der Waals surface area contributed by atoms with Crippen molar-refractivity contribution in [2.75, 3.05) is 40.7 Å². The number of likely N-dealkylation sites (N-methyl/N-ethyl adjacent to an activating group) is 1. The Kier molecular flexibility index (Phi) is 6.32. The zero-order valence-corrected chi connectivity index (χ0v) is 14.8. The maximum atomic E-state index is 5.96. The quantitative estimate of drug-likeness (QED) is 0.754. The Morgan fingerprint density at radius 3 is 2.08 bits per heavy atom. The highest BCUT2D eigenvalue weighted by atomic mass is 16.5. The van der Waals surface area contributed by atoms with Gasteiger partial charge in [-0.25, -0.2) is 0 Å². The molecule has 0 atom stereocenters. The van der Waals surface area contributed by atoms with Gasteiger partial charge in [0.15, 0.2) is 11.5 Å². The predicted octanol–water partition coefficient (Wildman–Crippen LogP) is 2.97. The molecule has 2 aromatic rings. The summed E-state index contributed by atoms with van der Waals surface area (Å²) in [5.74, 6) is 2.22. The molecule has 5 nitrogen and oxygen atoms in total. The molecular weight excluding hydrogens is 304 g/mol. The van der Waals surface area contributed by atoms with Gasteiger partial charge in [0.2, 0.25) is 0 Å². The highest BCUT2D eigenvalue weighted by Crippen LogP contribution is 2.28. The van der Waals surface area contributed by atoms with Gasteiger partial charge in [-0.3, -0.25) is 0 Å². The summed E-state index contributed by atoms with van der Waals surface area (Å²) in [6.07, 6.45) is 0.929. The lowest BCUT2D eigenvalue weighted by molar-refractivity contribution is 0.327. The minimum atomic E-state index is 0.678. The molecule has 0 bridgehead atoms. The monoisotopic (exact) mass is 330 g/mol. The van der Waals surface area contributed by atoms with E-state index in [1.807, 2.05) is 24.3 Å². The van der Waals surface area contributed by atoms with E-state index in [9.17, 15) is 0 Å². The second-order valence-corrected chi connectivity index (χ2v) is 5.75. The number of nitrogen functional groups attached to an aromatic ring is 1. The van der Waals surface area contributed by atoms with Crippen molar-refractivity contribution in [1.82, 2.24) is 4.90 Å². The molecule has 0 aliphatic rings. The number of ether oxygens (including phenoxy) is 3. The van der Waals surface area contributed by atoms with Crippen molar-refractivity contribution < 1.29 is 14.2 Å². The smallest absolute Gasteiger partial charge is 0.161 e. The molecule has 0 amide bonds. The first-order valence-corrected chi connectivity index (χ1v) is 7.89. The van der Waals surface area contributed by atoms with Crippen molar-refractivity contribution >= 4 is 5.69 Å². The second-order valence-electron chi connectivity index (χ2n) is 5.75. The molecule has 0 saturated carbocycles. The molecule has 2 aromatic carbocycles. The average Bonchev–Trinajstić information content (AvgIpc) is 2.60. The Balaban J connectivity index is 1.93. The van der Waals surface area contributed by atoms with E-state index < -0.39 is 0 Å². The molecule has 0 saturated heterocycles. The van der Waals surface area contributed by atoms with Gasteiger partial charge >= 0.3 is 0 Å². The zero-order valence-electron chi connectivity index (χ0n) is 14.8. The average molecular weight is 330 g/mol. The predicted molar refractivity (Wildman–Crippen MR) is 97.0 cm³/mol. The third-order valence-electron chi connectivity index (χ3n) is 3.98. The van der Waals surface area contributed by atoms with E-state index in [1.54, 1.807) is 21.3 Å². The highest BCUT2D eigenvalue weighted by Gasteiger charge is 2.07. The lowest BCUT2D eigenvalue weighted by Gasteiger charge is -2.18. The fourth-order valence-electron chi connectivity index (χ4n) is 2.63. The fraction of sp³-hybridized carbons (Fsp3) is 0.368. The molecule has 0 aromatic heterocycles. The van der Waals surface area contributed by atoms with Gasteiger partial charge in [0, 0.05) is 13.1 Å². The van der Waals surface area contributed by atoms with Gasteiger partial charge in [0.25, 0.3) is 0 Å². The topological polar surface area (TPSA) is 57.0 Å². The first-order chi connectivity index (χ1) is 11.6. The van der Waals surface area contributed by atoms with Crippen LogP contribution in [0.2, 0.25) is 0 Å². The van der Waals surface area contributed by atoms with Gasteiger partial charge in [-0.05, 0) is 48.9 Å². The Morgan fingerprint density at radius 1 is 0.833 bits per heavy atom. The number of nitrogens with two attached hydrogens (primary N) is 1. The summed E-state index contributed by atoms with van der Waals surface area (Å²) in [5, 5.41) is 0. The van der Waals surface area contributed by atoms with Crippen LogP contribution in [0.1, 0.15) is 11.1 Å². The largest absolute Gasteiger partial charge is 0.495 e. The summed E-state index contributed by atoms with van der Waals surface area (Å²) in [6.45, 7) is 1.77. The Labute approximate surface area is 143 Å². The summed E-state index contributed by atoms with van der Waals surface area (Å²) in [7, 11) is 7.02. The number of nitrogens with zero attached hydrogens (tertiary/aromatic N) is 1. The lowest BCUT2D eigenvalue weighted by atomic mass is 10.1. The highest BCUT2D eigenvalue weighted by molar-refractivity contribution is 5.54. The van der Waals surface area contributed by atoms with E-state index in [-0.39, 0.29) is 0 Å². The van der Waals surface area contributed by atoms with Crippen LogP contribution in [0.3, 0.4) is 0 Å². The van der Waals surface area contributed by atoms with E-state index in [2.05, 4.69) is 24.1 Å². The molecule has 0 heterocycles. The van der Waals surface area contributed by atoms with Crippen molar-refractivity contribution in [3.8, 4) is 17.2 Å². The van der Waals surface area contributed by atoms with Crippen molar-refractivity contribution in [1.29, 1.82) is 0 Å². The van der Waals surface area contributed by atoms with Gasteiger partial charge in [-0.1, -0.05) is 12.1 Å². The summed E-state index contributed by atoms with van der Waals surface area (Å²) in [5.41, 5.74) is 9.02. The first kappa shape index (κ1) is 17.9. The van der Waals surface area contributed by atoms with Gasteiger partial charge < -0.3 is 24.8 Å². The number of anilines is 1. The Morgan fingerprint density at radius 2 is 1.46 bits per heavy atom. The van der Waals surface area contributed by atoms with Crippen LogP contribution in [0.15, 0.2) is 36.4 Å². The number of hydrogen-bond donors (Lipinski definition) is 1. The number of hydrogen-bond acceptors (Lipinski definition) is 5. The molecule has 2 N–H and O–H groups in total. The number of methoxy groups -OCH3 is 3. The molecular formula is C19H26N2O3. The van der Waals surface area contributed by atoms with Crippen LogP contribution >= 0.6 is 0 Å². The third-order valence-corrected chi connectivity index (χ3v) is 3.98. The SMILES string of the molecule is COc1ccc(CCN(C)Cc2ccc(OC)c(OC)c2)cc1N. The van der Waals surface area contributed by atoms with Crippen LogP contribution < -0.4 is 19.9 Å². The van der Waals surface area contributed by atoms with Crippen LogP contribution in [-0.4, -0.2) is 39.8 Å². The van der Waals surface area contributed by atoms with Gasteiger partial charge in [0.05, 0.1) is 27.0 Å². The van der Waals surface area contributed by atoms with Crippen LogP contribution in [0.25, 0.3) is 0 Å². The van der Waals surface area contributed by atoms with Crippen molar-refractivity contribution in [3.63, 3.8) is 0 Å². The molecule has 0 radical (unpaired) electrons. The van der Waals surface area contributed by atoms with Crippen molar-refractivity contribution in [3.05, 3.63) is 47.5 Å². The Hall–Kier alpha value is -2.40. The second kappa shape index (κ2) is 8.45. The molecule has 130 valence electrons. The molecule has 2 rings (SSSR count).